The molecule has 0 spiro atoms. The van der Waals surface area contributed by atoms with Gasteiger partial charge in [0.2, 0.25) is 5.91 Å². The Kier molecular flexibility index (Phi) is 2.74. The number of nitrogen functional groups attached to an aromatic ring is 1. The Balaban J connectivity index is 1.70. The number of nitrogens with one attached hydrogen (secondary N) is 2. The van der Waals surface area contributed by atoms with Crippen molar-refractivity contribution < 1.29 is 4.79 Å². The van der Waals surface area contributed by atoms with Crippen molar-refractivity contribution in [1.29, 1.82) is 0 Å². The molecule has 19 heavy (non-hydrogen) atoms. The van der Waals surface area contributed by atoms with Crippen molar-refractivity contribution in [3.63, 3.8) is 0 Å². The van der Waals surface area contributed by atoms with Gasteiger partial charge in [0, 0.05) is 12.1 Å². The number of carbonyl (C=O) groups is 1. The molecule has 1 saturated carbocycles. The van der Waals surface area contributed by atoms with Crippen LogP contribution in [0.25, 0.3) is 0 Å². The predicted octanol–water partition coefficient (Wildman–Crippen LogP) is 1.34. The van der Waals surface area contributed by atoms with E-state index in [0.29, 0.717) is 12.4 Å². The molecule has 1 fully saturated rings. The first-order valence-electron chi connectivity index (χ1n) is 6.34. The van der Waals surface area contributed by atoms with Gasteiger partial charge in [-0.15, -0.1) is 0 Å². The van der Waals surface area contributed by atoms with Gasteiger partial charge in [0.1, 0.15) is 5.82 Å². The van der Waals surface area contributed by atoms with Gasteiger partial charge in [-0.1, -0.05) is 30.3 Å². The van der Waals surface area contributed by atoms with Gasteiger partial charge < -0.3 is 11.1 Å². The summed E-state index contributed by atoms with van der Waals surface area (Å²) in [5.74, 6) is 0.573. The van der Waals surface area contributed by atoms with Crippen LogP contribution in [0.2, 0.25) is 0 Å². The zero-order chi connectivity index (χ0) is 13.3. The number of carbonyl (C=O) groups excluding carboxylic acids is 1. The van der Waals surface area contributed by atoms with Crippen molar-refractivity contribution >= 4 is 11.7 Å². The second-order valence-electron chi connectivity index (χ2n) is 4.94. The van der Waals surface area contributed by atoms with E-state index in [1.807, 2.05) is 30.3 Å². The fourth-order valence-corrected chi connectivity index (χ4v) is 2.34. The van der Waals surface area contributed by atoms with E-state index in [1.54, 1.807) is 6.20 Å². The van der Waals surface area contributed by atoms with Crippen LogP contribution in [0, 0.1) is 0 Å². The molecule has 4 N–H and O–H groups in total. The molecular formula is C14H16N4O. The van der Waals surface area contributed by atoms with Crippen LogP contribution >= 0.6 is 0 Å². The molecule has 1 amide bonds. The summed E-state index contributed by atoms with van der Waals surface area (Å²) in [6.45, 7) is 0.412. The molecule has 0 bridgehead atoms. The molecule has 1 heterocycles. The van der Waals surface area contributed by atoms with E-state index >= 15 is 0 Å². The molecular weight excluding hydrogens is 240 g/mol. The monoisotopic (exact) mass is 256 g/mol. The van der Waals surface area contributed by atoms with Gasteiger partial charge in [-0.25, -0.2) is 0 Å². The quantitative estimate of drug-likeness (QED) is 0.771. The SMILES string of the molecule is Nc1[nH]ncc1CNC(=O)C1(c2ccccc2)CC1. The van der Waals surface area contributed by atoms with Crippen molar-refractivity contribution in [2.75, 3.05) is 5.73 Å². The molecule has 1 aromatic carbocycles. The number of hydrogen-bond donors (Lipinski definition) is 3. The molecule has 0 aliphatic heterocycles. The van der Waals surface area contributed by atoms with E-state index in [9.17, 15) is 4.79 Å². The topological polar surface area (TPSA) is 83.8 Å². The minimum Gasteiger partial charge on any atom is -0.384 e. The number of amides is 1. The lowest BCUT2D eigenvalue weighted by molar-refractivity contribution is -0.123. The number of aromatic amines is 1. The van der Waals surface area contributed by atoms with Gasteiger partial charge in [-0.05, 0) is 18.4 Å². The highest BCUT2D eigenvalue weighted by molar-refractivity contribution is 5.91. The lowest BCUT2D eigenvalue weighted by atomic mass is 9.95. The largest absolute Gasteiger partial charge is 0.384 e. The zero-order valence-electron chi connectivity index (χ0n) is 10.5. The first-order valence-corrected chi connectivity index (χ1v) is 6.34. The van der Waals surface area contributed by atoms with E-state index in [-0.39, 0.29) is 11.3 Å². The highest BCUT2D eigenvalue weighted by Gasteiger charge is 2.50. The summed E-state index contributed by atoms with van der Waals surface area (Å²) in [6, 6.07) is 9.93. The Labute approximate surface area is 111 Å². The fourth-order valence-electron chi connectivity index (χ4n) is 2.34. The molecule has 0 unspecified atom stereocenters. The highest BCUT2D eigenvalue weighted by atomic mass is 16.2. The third-order valence-corrected chi connectivity index (χ3v) is 3.70. The second kappa shape index (κ2) is 4.42. The molecule has 5 nitrogen and oxygen atoms in total. The van der Waals surface area contributed by atoms with Crippen molar-refractivity contribution in [2.24, 2.45) is 0 Å². The standard InChI is InChI=1S/C14H16N4O/c15-12-10(9-17-18-12)8-16-13(19)14(6-7-14)11-4-2-1-3-5-11/h1-5,9H,6-8H2,(H,16,19)(H3,15,17,18). The Morgan fingerprint density at radius 1 is 1.37 bits per heavy atom. The minimum absolute atomic E-state index is 0.0688. The molecule has 1 aliphatic carbocycles. The summed E-state index contributed by atoms with van der Waals surface area (Å²) in [4.78, 5) is 12.4. The van der Waals surface area contributed by atoms with Crippen molar-refractivity contribution in [3.8, 4) is 0 Å². The van der Waals surface area contributed by atoms with Gasteiger partial charge in [-0.2, -0.15) is 5.10 Å². The summed E-state index contributed by atoms with van der Waals surface area (Å²) in [6.07, 6.45) is 3.45. The van der Waals surface area contributed by atoms with Gasteiger partial charge >= 0.3 is 0 Å². The summed E-state index contributed by atoms with van der Waals surface area (Å²) >= 11 is 0. The number of nitrogens with zero attached hydrogens (tertiary/aromatic N) is 1. The second-order valence-corrected chi connectivity index (χ2v) is 4.94. The molecule has 5 heteroatoms. The van der Waals surface area contributed by atoms with Crippen LogP contribution in [0.1, 0.15) is 24.0 Å². The zero-order valence-corrected chi connectivity index (χ0v) is 10.5. The highest BCUT2D eigenvalue weighted by Crippen LogP contribution is 2.48. The number of H-pyrrole nitrogens is 1. The third-order valence-electron chi connectivity index (χ3n) is 3.70. The maximum atomic E-state index is 12.4. The lowest BCUT2D eigenvalue weighted by Crippen LogP contribution is -2.34. The van der Waals surface area contributed by atoms with Crippen LogP contribution in [-0.2, 0) is 16.8 Å². The van der Waals surface area contributed by atoms with Gasteiger partial charge in [0.05, 0.1) is 11.6 Å². The molecule has 2 aromatic rings. The van der Waals surface area contributed by atoms with Crippen LogP contribution in [0.3, 0.4) is 0 Å². The number of nitrogens with two attached hydrogens (primary N) is 1. The average Bonchev–Trinajstić information content (AvgIpc) is 3.16. The molecule has 1 aromatic heterocycles. The number of benzene rings is 1. The van der Waals surface area contributed by atoms with E-state index in [1.165, 1.54) is 0 Å². The van der Waals surface area contributed by atoms with Crippen LogP contribution in [0.4, 0.5) is 5.82 Å². The maximum Gasteiger partial charge on any atom is 0.230 e. The van der Waals surface area contributed by atoms with Gasteiger partial charge in [-0.3, -0.25) is 9.89 Å². The molecule has 0 saturated heterocycles. The molecule has 98 valence electrons. The van der Waals surface area contributed by atoms with Gasteiger partial charge in [0.15, 0.2) is 0 Å². The first-order chi connectivity index (χ1) is 9.22. The van der Waals surface area contributed by atoms with E-state index in [0.717, 1.165) is 24.0 Å². The van der Waals surface area contributed by atoms with Crippen LogP contribution < -0.4 is 11.1 Å². The summed E-state index contributed by atoms with van der Waals surface area (Å²) in [5.41, 5.74) is 7.27. The average molecular weight is 256 g/mol. The van der Waals surface area contributed by atoms with Crippen LogP contribution in [0.15, 0.2) is 36.5 Å². The lowest BCUT2D eigenvalue weighted by Gasteiger charge is -2.15. The van der Waals surface area contributed by atoms with Crippen molar-refractivity contribution in [2.45, 2.75) is 24.8 Å². The minimum atomic E-state index is -0.334. The number of aromatic nitrogens is 2. The van der Waals surface area contributed by atoms with E-state index in [2.05, 4.69) is 15.5 Å². The van der Waals surface area contributed by atoms with Crippen molar-refractivity contribution in [3.05, 3.63) is 47.7 Å². The molecule has 0 atom stereocenters. The first kappa shape index (κ1) is 11.8. The third kappa shape index (κ3) is 2.07. The molecule has 0 radical (unpaired) electrons. The van der Waals surface area contributed by atoms with E-state index in [4.69, 9.17) is 5.73 Å². The van der Waals surface area contributed by atoms with E-state index < -0.39 is 0 Å². The van der Waals surface area contributed by atoms with Crippen LogP contribution in [-0.4, -0.2) is 16.1 Å². The van der Waals surface area contributed by atoms with Gasteiger partial charge in [0.25, 0.3) is 0 Å². The summed E-state index contributed by atoms with van der Waals surface area (Å²) in [7, 11) is 0. The molecule has 3 rings (SSSR count). The summed E-state index contributed by atoms with van der Waals surface area (Å²) in [5, 5.41) is 9.44. The number of anilines is 1. The Morgan fingerprint density at radius 3 is 2.68 bits per heavy atom. The normalized spacial score (nSPS) is 16.0. The number of hydrogen-bond acceptors (Lipinski definition) is 3. The maximum absolute atomic E-state index is 12.4. The summed E-state index contributed by atoms with van der Waals surface area (Å²) < 4.78 is 0. The number of rotatable bonds is 4. The Hall–Kier alpha value is -2.30. The predicted molar refractivity (Wildman–Crippen MR) is 72.2 cm³/mol. The fraction of sp³-hybridized carbons (Fsp3) is 0.286. The smallest absolute Gasteiger partial charge is 0.230 e. The van der Waals surface area contributed by atoms with Crippen molar-refractivity contribution in [1.82, 2.24) is 15.5 Å². The Bertz CT molecular complexity index is 587. The molecule has 1 aliphatic rings. The Morgan fingerprint density at radius 2 is 2.11 bits per heavy atom. The van der Waals surface area contributed by atoms with Crippen LogP contribution in [0.5, 0.6) is 0 Å².